The number of hydrogen-bond donors (Lipinski definition) is 0. The maximum Gasteiger partial charge on any atom is 0.225 e. The summed E-state index contributed by atoms with van der Waals surface area (Å²) >= 11 is 3.41. The summed E-state index contributed by atoms with van der Waals surface area (Å²) in [6.07, 6.45) is 2.17. The van der Waals surface area contributed by atoms with Crippen molar-refractivity contribution in [2.24, 2.45) is 5.92 Å². The summed E-state index contributed by atoms with van der Waals surface area (Å²) in [5.41, 5.74) is 1.20. The van der Waals surface area contributed by atoms with Gasteiger partial charge in [0.25, 0.3) is 0 Å². The molecule has 1 unspecified atom stereocenters. The number of rotatable bonds is 2. The minimum Gasteiger partial charge on any atom is -0.338 e. The summed E-state index contributed by atoms with van der Waals surface area (Å²) in [6, 6.07) is 8.17. The first-order chi connectivity index (χ1) is 7.66. The molecule has 1 heterocycles. The molecule has 1 saturated heterocycles. The fraction of sp³-hybridized carbons (Fsp3) is 0.462. The van der Waals surface area contributed by atoms with E-state index in [9.17, 15) is 4.79 Å². The van der Waals surface area contributed by atoms with Crippen molar-refractivity contribution in [3.8, 4) is 0 Å². The zero-order chi connectivity index (χ0) is 11.5. The molecule has 0 N–H and O–H groups in total. The number of carbonyl (C=O) groups excluding carboxylic acids is 1. The zero-order valence-corrected chi connectivity index (χ0v) is 11.0. The summed E-state index contributed by atoms with van der Waals surface area (Å²) in [5.74, 6) is 0.498. The summed E-state index contributed by atoms with van der Waals surface area (Å²) in [6.45, 7) is 3.67. The molecule has 0 saturated carbocycles. The third-order valence-electron chi connectivity index (χ3n) is 3.09. The van der Waals surface area contributed by atoms with Gasteiger partial charge in [-0.1, -0.05) is 35.0 Å². The molecule has 1 fully saturated rings. The SMILES string of the molecule is CC1CCCN(Cc2ccc(Br)cc2)C1=O. The Balaban J connectivity index is 2.03. The predicted octanol–water partition coefficient (Wildman–Crippen LogP) is 3.21. The van der Waals surface area contributed by atoms with Crippen LogP contribution in [0.1, 0.15) is 25.3 Å². The largest absolute Gasteiger partial charge is 0.338 e. The van der Waals surface area contributed by atoms with E-state index in [4.69, 9.17) is 0 Å². The second-order valence-electron chi connectivity index (χ2n) is 4.43. The molecule has 1 amide bonds. The molecule has 16 heavy (non-hydrogen) atoms. The second kappa shape index (κ2) is 5.00. The molecule has 3 heteroatoms. The molecular formula is C13H16BrNO. The first kappa shape index (κ1) is 11.6. The smallest absolute Gasteiger partial charge is 0.225 e. The van der Waals surface area contributed by atoms with Crippen molar-refractivity contribution >= 4 is 21.8 Å². The van der Waals surface area contributed by atoms with E-state index in [-0.39, 0.29) is 5.92 Å². The van der Waals surface area contributed by atoms with Gasteiger partial charge in [0.15, 0.2) is 0 Å². The lowest BCUT2D eigenvalue weighted by Crippen LogP contribution is -2.39. The predicted molar refractivity (Wildman–Crippen MR) is 68.0 cm³/mol. The molecule has 2 nitrogen and oxygen atoms in total. The number of halogens is 1. The Labute approximate surface area is 105 Å². The van der Waals surface area contributed by atoms with Crippen LogP contribution in [0.25, 0.3) is 0 Å². The topological polar surface area (TPSA) is 20.3 Å². The summed E-state index contributed by atoms with van der Waals surface area (Å²) in [5, 5.41) is 0. The molecule has 2 rings (SSSR count). The molecule has 0 bridgehead atoms. The first-order valence-corrected chi connectivity index (χ1v) is 6.49. The van der Waals surface area contributed by atoms with Crippen molar-refractivity contribution < 1.29 is 4.79 Å². The molecule has 1 aromatic carbocycles. The van der Waals surface area contributed by atoms with Gasteiger partial charge in [-0.25, -0.2) is 0 Å². The lowest BCUT2D eigenvalue weighted by molar-refractivity contribution is -0.138. The molecule has 0 radical (unpaired) electrons. The van der Waals surface area contributed by atoms with E-state index in [2.05, 4.69) is 28.1 Å². The van der Waals surface area contributed by atoms with Crippen LogP contribution in [0.15, 0.2) is 28.7 Å². The van der Waals surface area contributed by atoms with E-state index in [1.807, 2.05) is 24.0 Å². The van der Waals surface area contributed by atoms with Crippen LogP contribution in [-0.4, -0.2) is 17.4 Å². The number of benzene rings is 1. The zero-order valence-electron chi connectivity index (χ0n) is 9.45. The maximum atomic E-state index is 11.9. The number of nitrogens with zero attached hydrogens (tertiary/aromatic N) is 1. The number of carbonyl (C=O) groups is 1. The Morgan fingerprint density at radius 3 is 2.75 bits per heavy atom. The van der Waals surface area contributed by atoms with Crippen LogP contribution < -0.4 is 0 Å². The van der Waals surface area contributed by atoms with Crippen LogP contribution in [0.5, 0.6) is 0 Å². The van der Waals surface area contributed by atoms with Crippen molar-refractivity contribution in [2.45, 2.75) is 26.3 Å². The van der Waals surface area contributed by atoms with E-state index >= 15 is 0 Å². The van der Waals surface area contributed by atoms with E-state index < -0.39 is 0 Å². The number of hydrogen-bond acceptors (Lipinski definition) is 1. The molecule has 0 aromatic heterocycles. The Hall–Kier alpha value is -0.830. The van der Waals surface area contributed by atoms with Crippen LogP contribution >= 0.6 is 15.9 Å². The van der Waals surface area contributed by atoms with Crippen molar-refractivity contribution in [1.29, 1.82) is 0 Å². The van der Waals surface area contributed by atoms with Crippen LogP contribution in [0.4, 0.5) is 0 Å². The van der Waals surface area contributed by atoms with Crippen molar-refractivity contribution in [1.82, 2.24) is 4.90 Å². The van der Waals surface area contributed by atoms with Gasteiger partial charge in [0.2, 0.25) is 5.91 Å². The normalized spacial score (nSPS) is 21.2. The standard InChI is InChI=1S/C13H16BrNO/c1-10-3-2-8-15(13(10)16)9-11-4-6-12(14)7-5-11/h4-7,10H,2-3,8-9H2,1H3. The highest BCUT2D eigenvalue weighted by atomic mass is 79.9. The summed E-state index contributed by atoms with van der Waals surface area (Å²) < 4.78 is 1.08. The highest BCUT2D eigenvalue weighted by Crippen LogP contribution is 2.20. The third kappa shape index (κ3) is 2.64. The van der Waals surface area contributed by atoms with Crippen LogP contribution in [0.3, 0.4) is 0 Å². The van der Waals surface area contributed by atoms with Crippen LogP contribution in [-0.2, 0) is 11.3 Å². The van der Waals surface area contributed by atoms with E-state index in [1.165, 1.54) is 5.56 Å². The van der Waals surface area contributed by atoms with Crippen molar-refractivity contribution in [3.05, 3.63) is 34.3 Å². The number of amides is 1. The minimum atomic E-state index is 0.198. The van der Waals surface area contributed by atoms with Crippen molar-refractivity contribution in [3.63, 3.8) is 0 Å². The molecule has 1 atom stereocenters. The van der Waals surface area contributed by atoms with Gasteiger partial charge in [0.1, 0.15) is 0 Å². The van der Waals surface area contributed by atoms with E-state index in [1.54, 1.807) is 0 Å². The molecule has 0 aliphatic carbocycles. The number of likely N-dealkylation sites (tertiary alicyclic amines) is 1. The Kier molecular flexibility index (Phi) is 3.64. The summed E-state index contributed by atoms with van der Waals surface area (Å²) in [7, 11) is 0. The Morgan fingerprint density at radius 2 is 2.06 bits per heavy atom. The highest BCUT2D eigenvalue weighted by Gasteiger charge is 2.24. The van der Waals surface area contributed by atoms with Crippen LogP contribution in [0, 0.1) is 5.92 Å². The van der Waals surface area contributed by atoms with Gasteiger partial charge in [-0.3, -0.25) is 4.79 Å². The molecular weight excluding hydrogens is 266 g/mol. The summed E-state index contributed by atoms with van der Waals surface area (Å²) in [4.78, 5) is 13.9. The Bertz CT molecular complexity index is 374. The number of piperidine rings is 1. The van der Waals surface area contributed by atoms with Gasteiger partial charge < -0.3 is 4.90 Å². The van der Waals surface area contributed by atoms with Crippen molar-refractivity contribution in [2.75, 3.05) is 6.54 Å². The lowest BCUT2D eigenvalue weighted by atomic mass is 9.99. The lowest BCUT2D eigenvalue weighted by Gasteiger charge is -2.30. The average Bonchev–Trinajstić information content (AvgIpc) is 2.28. The fourth-order valence-corrected chi connectivity index (χ4v) is 2.37. The minimum absolute atomic E-state index is 0.198. The Morgan fingerprint density at radius 1 is 1.38 bits per heavy atom. The van der Waals surface area contributed by atoms with Gasteiger partial charge in [-0.2, -0.15) is 0 Å². The fourth-order valence-electron chi connectivity index (χ4n) is 2.10. The van der Waals surface area contributed by atoms with E-state index in [0.717, 1.165) is 30.4 Å². The van der Waals surface area contributed by atoms with E-state index in [0.29, 0.717) is 5.91 Å². The molecule has 0 spiro atoms. The first-order valence-electron chi connectivity index (χ1n) is 5.70. The third-order valence-corrected chi connectivity index (χ3v) is 3.61. The molecule has 1 aromatic rings. The second-order valence-corrected chi connectivity index (χ2v) is 5.35. The molecule has 86 valence electrons. The van der Waals surface area contributed by atoms with Gasteiger partial charge in [-0.05, 0) is 30.5 Å². The monoisotopic (exact) mass is 281 g/mol. The van der Waals surface area contributed by atoms with Gasteiger partial charge in [0, 0.05) is 23.5 Å². The molecule has 1 aliphatic rings. The van der Waals surface area contributed by atoms with Crippen LogP contribution in [0.2, 0.25) is 0 Å². The quantitative estimate of drug-likeness (QED) is 0.815. The van der Waals surface area contributed by atoms with Gasteiger partial charge in [0.05, 0.1) is 0 Å². The molecule has 1 aliphatic heterocycles. The highest BCUT2D eigenvalue weighted by molar-refractivity contribution is 9.10. The average molecular weight is 282 g/mol. The maximum absolute atomic E-state index is 11.9. The van der Waals surface area contributed by atoms with Gasteiger partial charge in [-0.15, -0.1) is 0 Å². The van der Waals surface area contributed by atoms with Gasteiger partial charge >= 0.3 is 0 Å².